The molecule has 1 heterocycles. The van der Waals surface area contributed by atoms with Gasteiger partial charge in [-0.3, -0.25) is 14.6 Å². The van der Waals surface area contributed by atoms with Gasteiger partial charge in [0.2, 0.25) is 0 Å². The summed E-state index contributed by atoms with van der Waals surface area (Å²) in [6, 6.07) is 18.2. The Morgan fingerprint density at radius 2 is 1.68 bits per heavy atom. The summed E-state index contributed by atoms with van der Waals surface area (Å²) in [6.45, 7) is 4.35. The number of rotatable bonds is 6. The number of benzene rings is 2. The van der Waals surface area contributed by atoms with Gasteiger partial charge in [-0.15, -0.1) is 0 Å². The maximum atomic E-state index is 12.7. The lowest BCUT2D eigenvalue weighted by Crippen LogP contribution is -2.24. The van der Waals surface area contributed by atoms with Gasteiger partial charge in [0.15, 0.2) is 0 Å². The number of carbonyl (C=O) groups is 2. The van der Waals surface area contributed by atoms with E-state index in [0.717, 1.165) is 28.9 Å². The molecule has 2 amide bonds. The molecule has 0 fully saturated rings. The van der Waals surface area contributed by atoms with Crippen molar-refractivity contribution < 1.29 is 9.59 Å². The van der Waals surface area contributed by atoms with E-state index in [1.807, 2.05) is 43.3 Å². The molecule has 2 aromatic carbocycles. The lowest BCUT2D eigenvalue weighted by atomic mass is 10.0. The van der Waals surface area contributed by atoms with Crippen LogP contribution in [0.15, 0.2) is 66.9 Å². The predicted molar refractivity (Wildman–Crippen MR) is 110 cm³/mol. The lowest BCUT2D eigenvalue weighted by molar-refractivity contribution is 0.0950. The number of hydrogen-bond acceptors (Lipinski definition) is 3. The zero-order valence-electron chi connectivity index (χ0n) is 16.0. The van der Waals surface area contributed by atoms with E-state index in [2.05, 4.69) is 22.5 Å². The van der Waals surface area contributed by atoms with E-state index >= 15 is 0 Å². The summed E-state index contributed by atoms with van der Waals surface area (Å²) in [5.74, 6) is -0.478. The first-order valence-corrected chi connectivity index (χ1v) is 9.26. The third kappa shape index (κ3) is 4.62. The number of para-hydroxylation sites is 1. The first-order chi connectivity index (χ1) is 13.6. The molecule has 2 N–H and O–H groups in total. The molecule has 0 radical (unpaired) electrons. The minimum absolute atomic E-state index is 0.233. The van der Waals surface area contributed by atoms with Crippen LogP contribution in [0.25, 0.3) is 0 Å². The average Bonchev–Trinajstić information content (AvgIpc) is 2.74. The van der Waals surface area contributed by atoms with Gasteiger partial charge in [-0.2, -0.15) is 0 Å². The van der Waals surface area contributed by atoms with Crippen molar-refractivity contribution in [3.63, 3.8) is 0 Å². The SMILES string of the molecule is CCc1cccc(C)c1NC(=O)c1cccc(C(=O)NCc2ccccn2)c1. The molecule has 28 heavy (non-hydrogen) atoms. The van der Waals surface area contributed by atoms with Gasteiger partial charge in [0.05, 0.1) is 12.2 Å². The summed E-state index contributed by atoms with van der Waals surface area (Å²) in [5, 5.41) is 5.81. The molecule has 0 aliphatic rings. The summed E-state index contributed by atoms with van der Waals surface area (Å²) in [7, 11) is 0. The fourth-order valence-corrected chi connectivity index (χ4v) is 2.96. The molecule has 0 unspecified atom stereocenters. The summed E-state index contributed by atoms with van der Waals surface area (Å²) >= 11 is 0. The van der Waals surface area contributed by atoms with Crippen LogP contribution < -0.4 is 10.6 Å². The van der Waals surface area contributed by atoms with E-state index in [0.29, 0.717) is 17.7 Å². The Morgan fingerprint density at radius 3 is 2.39 bits per heavy atom. The zero-order chi connectivity index (χ0) is 19.9. The number of nitrogens with one attached hydrogen (secondary N) is 2. The fourth-order valence-electron chi connectivity index (χ4n) is 2.96. The van der Waals surface area contributed by atoms with Crippen LogP contribution in [-0.4, -0.2) is 16.8 Å². The fraction of sp³-hybridized carbons (Fsp3) is 0.174. The van der Waals surface area contributed by atoms with E-state index < -0.39 is 0 Å². The molecule has 1 aromatic heterocycles. The van der Waals surface area contributed by atoms with Gasteiger partial charge in [-0.1, -0.05) is 37.3 Å². The summed E-state index contributed by atoms with van der Waals surface area (Å²) in [4.78, 5) is 29.4. The topological polar surface area (TPSA) is 71.1 Å². The van der Waals surface area contributed by atoms with Crippen molar-refractivity contribution >= 4 is 17.5 Å². The highest BCUT2D eigenvalue weighted by molar-refractivity contribution is 6.06. The number of anilines is 1. The van der Waals surface area contributed by atoms with E-state index in [4.69, 9.17) is 0 Å². The lowest BCUT2D eigenvalue weighted by Gasteiger charge is -2.13. The minimum Gasteiger partial charge on any atom is -0.346 e. The Balaban J connectivity index is 1.72. The van der Waals surface area contributed by atoms with Crippen molar-refractivity contribution in [1.29, 1.82) is 0 Å². The van der Waals surface area contributed by atoms with Crippen LogP contribution >= 0.6 is 0 Å². The van der Waals surface area contributed by atoms with Crippen molar-refractivity contribution in [2.24, 2.45) is 0 Å². The largest absolute Gasteiger partial charge is 0.346 e. The van der Waals surface area contributed by atoms with Crippen molar-refractivity contribution in [3.8, 4) is 0 Å². The molecular formula is C23H23N3O2. The maximum Gasteiger partial charge on any atom is 0.255 e. The number of aromatic nitrogens is 1. The summed E-state index contributed by atoms with van der Waals surface area (Å²) in [6.07, 6.45) is 2.51. The third-order valence-electron chi connectivity index (χ3n) is 4.52. The van der Waals surface area contributed by atoms with Crippen LogP contribution in [0.1, 0.15) is 44.5 Å². The molecule has 0 saturated carbocycles. The van der Waals surface area contributed by atoms with Gasteiger partial charge in [0.25, 0.3) is 11.8 Å². The molecular weight excluding hydrogens is 350 g/mol. The second-order valence-corrected chi connectivity index (χ2v) is 6.50. The Labute approximate surface area is 164 Å². The molecule has 3 rings (SSSR count). The van der Waals surface area contributed by atoms with Crippen molar-refractivity contribution in [3.05, 3.63) is 94.8 Å². The molecule has 0 spiro atoms. The Bertz CT molecular complexity index is 984. The second-order valence-electron chi connectivity index (χ2n) is 6.50. The molecule has 5 heteroatoms. The molecule has 3 aromatic rings. The molecule has 0 aliphatic heterocycles. The Morgan fingerprint density at radius 1 is 0.929 bits per heavy atom. The van der Waals surface area contributed by atoms with Gasteiger partial charge < -0.3 is 10.6 Å². The van der Waals surface area contributed by atoms with Crippen LogP contribution in [0, 0.1) is 6.92 Å². The van der Waals surface area contributed by atoms with Crippen LogP contribution in [0.2, 0.25) is 0 Å². The minimum atomic E-state index is -0.245. The summed E-state index contributed by atoms with van der Waals surface area (Å²) < 4.78 is 0. The Hall–Kier alpha value is -3.47. The molecule has 142 valence electrons. The van der Waals surface area contributed by atoms with E-state index in [9.17, 15) is 9.59 Å². The van der Waals surface area contributed by atoms with Crippen LogP contribution in [0.3, 0.4) is 0 Å². The van der Waals surface area contributed by atoms with Gasteiger partial charge in [0, 0.05) is 23.0 Å². The quantitative estimate of drug-likeness (QED) is 0.682. The van der Waals surface area contributed by atoms with Gasteiger partial charge >= 0.3 is 0 Å². The highest BCUT2D eigenvalue weighted by atomic mass is 16.2. The number of aryl methyl sites for hydroxylation is 2. The van der Waals surface area contributed by atoms with Crippen molar-refractivity contribution in [2.75, 3.05) is 5.32 Å². The predicted octanol–water partition coefficient (Wildman–Crippen LogP) is 4.13. The van der Waals surface area contributed by atoms with E-state index in [1.54, 1.807) is 30.5 Å². The smallest absolute Gasteiger partial charge is 0.255 e. The highest BCUT2D eigenvalue weighted by Crippen LogP contribution is 2.22. The summed E-state index contributed by atoms with van der Waals surface area (Å²) in [5.41, 5.74) is 4.57. The van der Waals surface area contributed by atoms with Gasteiger partial charge in [-0.25, -0.2) is 0 Å². The van der Waals surface area contributed by atoms with E-state index in [-0.39, 0.29) is 11.8 Å². The molecule has 0 bridgehead atoms. The molecule has 0 saturated heterocycles. The van der Waals surface area contributed by atoms with E-state index in [1.165, 1.54) is 0 Å². The van der Waals surface area contributed by atoms with Crippen molar-refractivity contribution in [2.45, 2.75) is 26.8 Å². The van der Waals surface area contributed by atoms with Gasteiger partial charge in [-0.05, 0) is 54.8 Å². The second kappa shape index (κ2) is 8.95. The number of amides is 2. The van der Waals surface area contributed by atoms with Gasteiger partial charge in [0.1, 0.15) is 0 Å². The third-order valence-corrected chi connectivity index (χ3v) is 4.52. The molecule has 0 atom stereocenters. The maximum absolute atomic E-state index is 12.7. The number of nitrogens with zero attached hydrogens (tertiary/aromatic N) is 1. The number of hydrogen-bond donors (Lipinski definition) is 2. The first-order valence-electron chi connectivity index (χ1n) is 9.26. The highest BCUT2D eigenvalue weighted by Gasteiger charge is 2.13. The van der Waals surface area contributed by atoms with Crippen LogP contribution in [0.4, 0.5) is 5.69 Å². The van der Waals surface area contributed by atoms with Crippen LogP contribution in [0.5, 0.6) is 0 Å². The average molecular weight is 373 g/mol. The standard InChI is InChI=1S/C23H23N3O2/c1-3-17-9-6-8-16(2)21(17)26-23(28)19-11-7-10-18(14-19)22(27)25-15-20-12-4-5-13-24-20/h4-14H,3,15H2,1-2H3,(H,25,27)(H,26,28). The molecule has 0 aliphatic carbocycles. The number of carbonyl (C=O) groups excluding carboxylic acids is 2. The first kappa shape index (κ1) is 19.3. The van der Waals surface area contributed by atoms with Crippen molar-refractivity contribution in [1.82, 2.24) is 10.3 Å². The Kier molecular flexibility index (Phi) is 6.17. The normalized spacial score (nSPS) is 10.4. The molecule has 5 nitrogen and oxygen atoms in total. The van der Waals surface area contributed by atoms with Crippen LogP contribution in [-0.2, 0) is 13.0 Å². The monoisotopic (exact) mass is 373 g/mol. The zero-order valence-corrected chi connectivity index (χ0v) is 16.0. The number of pyridine rings is 1.